The summed E-state index contributed by atoms with van der Waals surface area (Å²) in [6.45, 7) is 19.4. The van der Waals surface area contributed by atoms with Crippen molar-refractivity contribution in [1.29, 1.82) is 0 Å². The summed E-state index contributed by atoms with van der Waals surface area (Å²) in [5.41, 5.74) is 0.968. The number of anilines is 1. The SMILES string of the molecule is C=CC(C)(C)C(C)N(CO)c1ccccc1N=C.CC(C)(C)OC(=O)N1CCCC1C(=O)O. The van der Waals surface area contributed by atoms with Crippen LogP contribution < -0.4 is 4.90 Å². The predicted molar refractivity (Wildman–Crippen MR) is 132 cm³/mol. The van der Waals surface area contributed by atoms with E-state index in [1.54, 1.807) is 20.8 Å². The molecule has 1 heterocycles. The fourth-order valence-electron chi connectivity index (χ4n) is 3.38. The minimum atomic E-state index is -0.960. The first-order valence-electron chi connectivity index (χ1n) is 11.1. The Labute approximate surface area is 197 Å². The molecular formula is C25H39N3O5. The highest BCUT2D eigenvalue weighted by Gasteiger charge is 2.36. The zero-order valence-corrected chi connectivity index (χ0v) is 20.7. The second kappa shape index (κ2) is 11.8. The monoisotopic (exact) mass is 461 g/mol. The number of likely N-dealkylation sites (tertiary alicyclic amines) is 1. The van der Waals surface area contributed by atoms with Crippen molar-refractivity contribution in [2.45, 2.75) is 72.1 Å². The summed E-state index contributed by atoms with van der Waals surface area (Å²) in [6.07, 6.45) is 2.60. The van der Waals surface area contributed by atoms with E-state index in [1.807, 2.05) is 35.2 Å². The van der Waals surface area contributed by atoms with Gasteiger partial charge in [-0.25, -0.2) is 9.59 Å². The van der Waals surface area contributed by atoms with E-state index in [0.717, 1.165) is 17.8 Å². The van der Waals surface area contributed by atoms with Gasteiger partial charge in [-0.2, -0.15) is 0 Å². The molecule has 0 spiro atoms. The van der Waals surface area contributed by atoms with Gasteiger partial charge in [-0.15, -0.1) is 6.58 Å². The summed E-state index contributed by atoms with van der Waals surface area (Å²) < 4.78 is 5.13. The molecule has 1 saturated heterocycles. The van der Waals surface area contributed by atoms with Crippen LogP contribution in [0.4, 0.5) is 16.2 Å². The lowest BCUT2D eigenvalue weighted by atomic mass is 9.84. The number of carbonyl (C=O) groups is 2. The van der Waals surface area contributed by atoms with Crippen LogP contribution >= 0.6 is 0 Å². The molecule has 0 radical (unpaired) electrons. The lowest BCUT2D eigenvalue weighted by Crippen LogP contribution is -2.43. The molecule has 0 aromatic heterocycles. The van der Waals surface area contributed by atoms with Crippen LogP contribution in [0.15, 0.2) is 41.9 Å². The van der Waals surface area contributed by atoms with Crippen LogP contribution in [0.3, 0.4) is 0 Å². The van der Waals surface area contributed by atoms with E-state index in [9.17, 15) is 14.7 Å². The summed E-state index contributed by atoms with van der Waals surface area (Å²) in [7, 11) is 0. The molecule has 1 aliphatic rings. The molecule has 0 bridgehead atoms. The number of aliphatic imine (C=N–C) groups is 1. The number of amides is 1. The van der Waals surface area contributed by atoms with Gasteiger partial charge in [0, 0.05) is 18.0 Å². The van der Waals surface area contributed by atoms with Crippen molar-refractivity contribution in [3.8, 4) is 0 Å². The average Bonchev–Trinajstić information content (AvgIpc) is 3.24. The van der Waals surface area contributed by atoms with Crippen LogP contribution in [0, 0.1) is 5.41 Å². The van der Waals surface area contributed by atoms with Gasteiger partial charge >= 0.3 is 12.1 Å². The van der Waals surface area contributed by atoms with Crippen LogP contribution in [-0.4, -0.2) is 64.9 Å². The largest absolute Gasteiger partial charge is 0.480 e. The molecule has 2 rings (SSSR count). The first-order chi connectivity index (χ1) is 15.3. The number of hydrogen-bond acceptors (Lipinski definition) is 6. The summed E-state index contributed by atoms with van der Waals surface area (Å²) in [5, 5.41) is 18.5. The average molecular weight is 462 g/mol. The van der Waals surface area contributed by atoms with E-state index >= 15 is 0 Å². The van der Waals surface area contributed by atoms with E-state index in [-0.39, 0.29) is 18.2 Å². The van der Waals surface area contributed by atoms with E-state index < -0.39 is 23.7 Å². The van der Waals surface area contributed by atoms with Crippen molar-refractivity contribution in [2.75, 3.05) is 18.2 Å². The van der Waals surface area contributed by atoms with Gasteiger partial charge < -0.3 is 19.8 Å². The molecule has 2 unspecified atom stereocenters. The van der Waals surface area contributed by atoms with Crippen molar-refractivity contribution in [3.05, 3.63) is 36.9 Å². The van der Waals surface area contributed by atoms with Gasteiger partial charge in [0.1, 0.15) is 18.4 Å². The number of nitrogens with zero attached hydrogens (tertiary/aromatic N) is 3. The molecule has 1 aliphatic heterocycles. The Morgan fingerprint density at radius 1 is 1.30 bits per heavy atom. The highest BCUT2D eigenvalue weighted by Crippen LogP contribution is 2.34. The molecule has 1 amide bonds. The normalized spacial score (nSPS) is 16.8. The Kier molecular flexibility index (Phi) is 10.1. The summed E-state index contributed by atoms with van der Waals surface area (Å²) in [6, 6.07) is 7.05. The molecule has 1 aromatic carbocycles. The van der Waals surface area contributed by atoms with Crippen molar-refractivity contribution in [3.63, 3.8) is 0 Å². The number of aliphatic hydroxyl groups excluding tert-OH is 1. The molecule has 1 aromatic rings. The molecule has 2 atom stereocenters. The lowest BCUT2D eigenvalue weighted by molar-refractivity contribution is -0.142. The molecular weight excluding hydrogens is 422 g/mol. The predicted octanol–water partition coefficient (Wildman–Crippen LogP) is 4.85. The number of hydrogen-bond donors (Lipinski definition) is 2. The third kappa shape index (κ3) is 7.89. The number of rotatable bonds is 7. The number of carboxylic acid groups (broad SMARTS) is 1. The lowest BCUT2D eigenvalue weighted by Gasteiger charge is -2.39. The summed E-state index contributed by atoms with van der Waals surface area (Å²) >= 11 is 0. The van der Waals surface area contributed by atoms with Crippen molar-refractivity contribution in [1.82, 2.24) is 4.90 Å². The van der Waals surface area contributed by atoms with Crippen molar-refractivity contribution < 1.29 is 24.5 Å². The second-order valence-corrected chi connectivity index (χ2v) is 9.63. The number of benzene rings is 1. The molecule has 2 N–H and O–H groups in total. The van der Waals surface area contributed by atoms with Gasteiger partial charge in [0.25, 0.3) is 0 Å². The zero-order valence-electron chi connectivity index (χ0n) is 20.7. The third-order valence-electron chi connectivity index (χ3n) is 5.75. The Bertz CT molecular complexity index is 832. The number of ether oxygens (including phenoxy) is 1. The number of carboxylic acids is 1. The summed E-state index contributed by atoms with van der Waals surface area (Å²) in [4.78, 5) is 29.6. The van der Waals surface area contributed by atoms with Crippen molar-refractivity contribution >= 4 is 30.2 Å². The first kappa shape index (κ1) is 28.2. The molecule has 1 fully saturated rings. The van der Waals surface area contributed by atoms with E-state index in [0.29, 0.717) is 13.0 Å². The van der Waals surface area contributed by atoms with Crippen LogP contribution in [0.2, 0.25) is 0 Å². The van der Waals surface area contributed by atoms with Crippen LogP contribution in [0.5, 0.6) is 0 Å². The van der Waals surface area contributed by atoms with Crippen LogP contribution in [0.25, 0.3) is 0 Å². The molecule has 8 heteroatoms. The van der Waals surface area contributed by atoms with Gasteiger partial charge in [0.05, 0.1) is 11.4 Å². The molecule has 0 aliphatic carbocycles. The molecule has 184 valence electrons. The quantitative estimate of drug-likeness (QED) is 0.342. The van der Waals surface area contributed by atoms with Gasteiger partial charge in [-0.05, 0) is 59.4 Å². The topological polar surface area (TPSA) is 103 Å². The molecule has 0 saturated carbocycles. The summed E-state index contributed by atoms with van der Waals surface area (Å²) in [5.74, 6) is -0.960. The molecule has 8 nitrogen and oxygen atoms in total. The molecule has 33 heavy (non-hydrogen) atoms. The van der Waals surface area contributed by atoms with Crippen LogP contribution in [0.1, 0.15) is 54.4 Å². The highest BCUT2D eigenvalue weighted by molar-refractivity contribution is 5.80. The van der Waals surface area contributed by atoms with Gasteiger partial charge in [-0.3, -0.25) is 9.89 Å². The third-order valence-corrected chi connectivity index (χ3v) is 5.75. The maximum atomic E-state index is 11.6. The first-order valence-corrected chi connectivity index (χ1v) is 11.1. The van der Waals surface area contributed by atoms with E-state index in [4.69, 9.17) is 9.84 Å². The van der Waals surface area contributed by atoms with Gasteiger partial charge in [0.2, 0.25) is 0 Å². The maximum absolute atomic E-state index is 11.6. The maximum Gasteiger partial charge on any atom is 0.411 e. The Morgan fingerprint density at radius 2 is 1.91 bits per heavy atom. The Morgan fingerprint density at radius 3 is 2.39 bits per heavy atom. The minimum Gasteiger partial charge on any atom is -0.480 e. The van der Waals surface area contributed by atoms with Gasteiger partial charge in [-0.1, -0.05) is 32.1 Å². The number of aliphatic carboxylic acids is 1. The zero-order chi connectivity index (χ0) is 25.4. The minimum absolute atomic E-state index is 0.0645. The fourth-order valence-corrected chi connectivity index (χ4v) is 3.38. The number of aliphatic hydroxyl groups is 1. The number of para-hydroxylation sites is 2. The Hall–Kier alpha value is -2.87. The Balaban J connectivity index is 0.000000335. The number of carbonyl (C=O) groups excluding carboxylic acids is 1. The highest BCUT2D eigenvalue weighted by atomic mass is 16.6. The van der Waals surface area contributed by atoms with Crippen LogP contribution in [-0.2, 0) is 9.53 Å². The van der Waals surface area contributed by atoms with E-state index in [2.05, 4.69) is 39.1 Å². The second-order valence-electron chi connectivity index (χ2n) is 9.63. The fraction of sp³-hybridized carbons (Fsp3) is 0.560. The van der Waals surface area contributed by atoms with Gasteiger partial charge in [0.15, 0.2) is 0 Å². The van der Waals surface area contributed by atoms with E-state index in [1.165, 1.54) is 4.90 Å². The smallest absolute Gasteiger partial charge is 0.411 e. The standard InChI is InChI=1S/C15H22N2O.C10H17NO4/c1-6-15(3,4)12(2)17(11-18)14-10-8-7-9-13(14)16-5;1-10(2,3)15-9(14)11-6-4-5-7(11)8(12)13/h6-10,12,18H,1,5,11H2,2-4H3;7H,4-6H2,1-3H3,(H,12,13). The van der Waals surface area contributed by atoms with Crippen molar-refractivity contribution in [2.24, 2.45) is 10.4 Å².